The van der Waals surface area contributed by atoms with Gasteiger partial charge in [-0.25, -0.2) is 0 Å². The lowest BCUT2D eigenvalue weighted by Gasteiger charge is -2.18. The standard InChI is InChI=1S/C18H12O4/c19-15(20)17-12-8-4-3-7-11(12)13-9-5-1-2-6-10(9)14(17)18(13,17)16(21)22/h1-8,13-14H,(H,19,20)(H,21,22). The third-order valence-corrected chi connectivity index (χ3v) is 5.92. The third-order valence-electron chi connectivity index (χ3n) is 5.92. The minimum atomic E-state index is -1.31. The first kappa shape index (κ1) is 12.0. The summed E-state index contributed by atoms with van der Waals surface area (Å²) in [6.07, 6.45) is 0. The molecule has 1 fully saturated rings. The van der Waals surface area contributed by atoms with Crippen LogP contribution in [0.4, 0.5) is 0 Å². The minimum Gasteiger partial charge on any atom is -0.481 e. The maximum Gasteiger partial charge on any atom is 0.316 e. The SMILES string of the molecule is O=C(O)C12c3ccccc3C3c4ccccc4C1C32C(=O)O. The van der Waals surface area contributed by atoms with E-state index in [1.54, 1.807) is 12.1 Å². The van der Waals surface area contributed by atoms with Crippen LogP contribution in [0.2, 0.25) is 0 Å². The molecule has 108 valence electrons. The molecule has 1 saturated carbocycles. The van der Waals surface area contributed by atoms with Crippen molar-refractivity contribution in [3.8, 4) is 0 Å². The van der Waals surface area contributed by atoms with Crippen LogP contribution in [0.25, 0.3) is 0 Å². The van der Waals surface area contributed by atoms with Gasteiger partial charge in [0.25, 0.3) is 0 Å². The Balaban J connectivity index is 1.95. The van der Waals surface area contributed by atoms with Crippen LogP contribution in [0, 0.1) is 5.41 Å². The molecule has 4 nitrogen and oxygen atoms in total. The molecule has 4 unspecified atom stereocenters. The Kier molecular flexibility index (Phi) is 1.77. The average molecular weight is 292 g/mol. The van der Waals surface area contributed by atoms with Gasteiger partial charge in [0.05, 0.1) is 0 Å². The Morgan fingerprint density at radius 2 is 1.41 bits per heavy atom. The van der Waals surface area contributed by atoms with E-state index in [0.717, 1.165) is 16.7 Å². The van der Waals surface area contributed by atoms with Crippen molar-refractivity contribution in [3.05, 3.63) is 70.8 Å². The molecule has 22 heavy (non-hydrogen) atoms. The molecule has 2 aromatic rings. The molecule has 4 atom stereocenters. The molecule has 2 N–H and O–H groups in total. The Hall–Kier alpha value is -2.62. The molecule has 0 aliphatic heterocycles. The molecule has 0 bridgehead atoms. The number of rotatable bonds is 2. The van der Waals surface area contributed by atoms with Crippen LogP contribution in [-0.4, -0.2) is 22.2 Å². The molecule has 2 aromatic carbocycles. The third kappa shape index (κ3) is 0.843. The summed E-state index contributed by atoms with van der Waals surface area (Å²) in [6, 6.07) is 14.9. The van der Waals surface area contributed by atoms with Crippen molar-refractivity contribution in [1.29, 1.82) is 0 Å². The minimum absolute atomic E-state index is 0.363. The Morgan fingerprint density at radius 1 is 0.818 bits per heavy atom. The summed E-state index contributed by atoms with van der Waals surface area (Å²) in [6.45, 7) is 0. The smallest absolute Gasteiger partial charge is 0.316 e. The average Bonchev–Trinajstić information content (AvgIpc) is 2.95. The van der Waals surface area contributed by atoms with Gasteiger partial charge in [0, 0.05) is 11.8 Å². The highest BCUT2D eigenvalue weighted by atomic mass is 16.4. The number of benzene rings is 2. The summed E-state index contributed by atoms with van der Waals surface area (Å²) in [5.74, 6) is -2.86. The molecule has 0 amide bonds. The highest BCUT2D eigenvalue weighted by Gasteiger charge is 2.94. The van der Waals surface area contributed by atoms with Crippen LogP contribution in [0.1, 0.15) is 34.1 Å². The summed E-state index contributed by atoms with van der Waals surface area (Å²) in [5.41, 5.74) is 0.815. The summed E-state index contributed by atoms with van der Waals surface area (Å²) in [4.78, 5) is 24.4. The lowest BCUT2D eigenvalue weighted by Crippen LogP contribution is -2.32. The van der Waals surface area contributed by atoms with E-state index in [1.165, 1.54) is 0 Å². The molecule has 0 saturated heterocycles. The van der Waals surface area contributed by atoms with Gasteiger partial charge in [0.1, 0.15) is 10.8 Å². The Bertz CT molecular complexity index is 886. The Labute approximate surface area is 126 Å². The van der Waals surface area contributed by atoms with Gasteiger partial charge >= 0.3 is 11.9 Å². The maximum absolute atomic E-state index is 12.2. The van der Waals surface area contributed by atoms with Crippen molar-refractivity contribution < 1.29 is 19.8 Å². The number of carboxylic acid groups (broad SMARTS) is 2. The molecule has 0 radical (unpaired) electrons. The van der Waals surface area contributed by atoms with E-state index in [1.807, 2.05) is 36.4 Å². The first-order valence-electron chi connectivity index (χ1n) is 7.24. The summed E-state index contributed by atoms with van der Waals surface area (Å²) in [5, 5.41) is 19.9. The fraction of sp³-hybridized carbons (Fsp3) is 0.222. The zero-order valence-corrected chi connectivity index (χ0v) is 11.5. The lowest BCUT2D eigenvalue weighted by atomic mass is 9.82. The maximum atomic E-state index is 12.2. The van der Waals surface area contributed by atoms with Gasteiger partial charge < -0.3 is 10.2 Å². The van der Waals surface area contributed by atoms with Crippen molar-refractivity contribution in [1.82, 2.24) is 0 Å². The molecular formula is C18H12O4. The zero-order valence-electron chi connectivity index (χ0n) is 11.5. The molecule has 0 aromatic heterocycles. The van der Waals surface area contributed by atoms with Crippen molar-refractivity contribution in [2.75, 3.05) is 0 Å². The van der Waals surface area contributed by atoms with Gasteiger partial charge in [-0.3, -0.25) is 9.59 Å². The second-order valence-corrected chi connectivity index (χ2v) is 6.37. The molecule has 3 aliphatic carbocycles. The predicted molar refractivity (Wildman–Crippen MR) is 76.9 cm³/mol. The van der Waals surface area contributed by atoms with E-state index in [-0.39, 0.29) is 5.92 Å². The van der Waals surface area contributed by atoms with E-state index in [2.05, 4.69) is 0 Å². The fourth-order valence-electron chi connectivity index (χ4n) is 5.38. The van der Waals surface area contributed by atoms with Crippen LogP contribution >= 0.6 is 0 Å². The molecule has 5 rings (SSSR count). The van der Waals surface area contributed by atoms with Crippen LogP contribution in [0.5, 0.6) is 0 Å². The van der Waals surface area contributed by atoms with Crippen molar-refractivity contribution in [2.24, 2.45) is 5.41 Å². The normalized spacial score (nSPS) is 35.5. The highest BCUT2D eigenvalue weighted by molar-refractivity contribution is 6.07. The largest absolute Gasteiger partial charge is 0.481 e. The van der Waals surface area contributed by atoms with Crippen LogP contribution in [0.3, 0.4) is 0 Å². The summed E-state index contributed by atoms with van der Waals surface area (Å²) >= 11 is 0. The quantitative estimate of drug-likeness (QED) is 0.891. The van der Waals surface area contributed by atoms with Crippen molar-refractivity contribution >= 4 is 11.9 Å². The first-order valence-corrected chi connectivity index (χ1v) is 7.24. The first-order chi connectivity index (χ1) is 10.6. The van der Waals surface area contributed by atoms with E-state index in [0.29, 0.717) is 5.56 Å². The van der Waals surface area contributed by atoms with Gasteiger partial charge in [-0.05, 0) is 22.3 Å². The second kappa shape index (κ2) is 3.24. The van der Waals surface area contributed by atoms with E-state index in [4.69, 9.17) is 0 Å². The summed E-state index contributed by atoms with van der Waals surface area (Å²) in [7, 11) is 0. The predicted octanol–water partition coefficient (Wildman–Crippen LogP) is 2.34. The number of hydrogen-bond donors (Lipinski definition) is 2. The highest BCUT2D eigenvalue weighted by Crippen LogP contribution is 2.89. The van der Waals surface area contributed by atoms with Gasteiger partial charge in [0.2, 0.25) is 0 Å². The topological polar surface area (TPSA) is 74.6 Å². The van der Waals surface area contributed by atoms with E-state index in [9.17, 15) is 19.8 Å². The molecule has 3 aliphatic rings. The monoisotopic (exact) mass is 292 g/mol. The van der Waals surface area contributed by atoms with E-state index < -0.39 is 28.7 Å². The molecule has 0 heterocycles. The van der Waals surface area contributed by atoms with Crippen LogP contribution in [-0.2, 0) is 15.0 Å². The summed E-state index contributed by atoms with van der Waals surface area (Å²) < 4.78 is 0. The van der Waals surface area contributed by atoms with Gasteiger partial charge in [-0.15, -0.1) is 0 Å². The second-order valence-electron chi connectivity index (χ2n) is 6.37. The molecule has 0 spiro atoms. The molecular weight excluding hydrogens is 280 g/mol. The van der Waals surface area contributed by atoms with Gasteiger partial charge in [0.15, 0.2) is 0 Å². The van der Waals surface area contributed by atoms with Gasteiger partial charge in [-0.1, -0.05) is 48.5 Å². The fourth-order valence-corrected chi connectivity index (χ4v) is 5.38. The van der Waals surface area contributed by atoms with Gasteiger partial charge in [-0.2, -0.15) is 0 Å². The van der Waals surface area contributed by atoms with Crippen molar-refractivity contribution in [3.63, 3.8) is 0 Å². The lowest BCUT2D eigenvalue weighted by molar-refractivity contribution is -0.150. The number of carbonyl (C=O) groups is 2. The van der Waals surface area contributed by atoms with Crippen molar-refractivity contribution in [2.45, 2.75) is 17.3 Å². The molecule has 4 heteroatoms. The number of fused-ring (bicyclic) bond motifs is 7. The number of aliphatic carboxylic acids is 2. The van der Waals surface area contributed by atoms with E-state index >= 15 is 0 Å². The number of carboxylic acids is 2. The zero-order chi connectivity index (χ0) is 15.3. The van der Waals surface area contributed by atoms with Crippen LogP contribution in [0.15, 0.2) is 48.5 Å². The Morgan fingerprint density at radius 3 is 2.05 bits per heavy atom. The number of hydrogen-bond acceptors (Lipinski definition) is 2. The van der Waals surface area contributed by atoms with Crippen LogP contribution < -0.4 is 0 Å².